The molecule has 0 aromatic heterocycles. The normalized spacial score (nSPS) is 10.2. The molecule has 0 heterocycles. The van der Waals surface area contributed by atoms with Gasteiger partial charge in [-0.3, -0.25) is 4.79 Å². The zero-order valence-corrected chi connectivity index (χ0v) is 11.2. The number of halogens is 2. The summed E-state index contributed by atoms with van der Waals surface area (Å²) in [4.78, 5) is 10.7. The van der Waals surface area contributed by atoms with Gasteiger partial charge >= 0.3 is 0 Å². The van der Waals surface area contributed by atoms with Crippen molar-refractivity contribution < 1.29 is 13.9 Å². The van der Waals surface area contributed by atoms with Crippen LogP contribution in [-0.2, 0) is 0 Å². The van der Waals surface area contributed by atoms with Crippen LogP contribution in [0.2, 0.25) is 0 Å². The zero-order valence-electron chi connectivity index (χ0n) is 9.61. The van der Waals surface area contributed by atoms with Gasteiger partial charge in [-0.15, -0.1) is 0 Å². The largest absolute Gasteiger partial charge is 0.457 e. The third-order valence-electron chi connectivity index (χ3n) is 2.47. The monoisotopic (exact) mass is 308 g/mol. The number of carbonyl (C=O) groups is 1. The summed E-state index contributed by atoms with van der Waals surface area (Å²) < 4.78 is 19.1. The standard InChI is InChI=1S/C14H10BrFO2/c1-9-2-3-10(8-17)6-14(9)18-11-4-5-13(16)12(15)7-11/h2-8H,1H3. The van der Waals surface area contributed by atoms with E-state index in [1.807, 2.05) is 6.92 Å². The number of hydrogen-bond donors (Lipinski definition) is 0. The lowest BCUT2D eigenvalue weighted by Crippen LogP contribution is -1.90. The Morgan fingerprint density at radius 3 is 2.67 bits per heavy atom. The molecule has 0 bridgehead atoms. The van der Waals surface area contributed by atoms with Crippen molar-refractivity contribution in [3.8, 4) is 11.5 Å². The Balaban J connectivity index is 2.33. The Morgan fingerprint density at radius 2 is 2.00 bits per heavy atom. The highest BCUT2D eigenvalue weighted by Gasteiger charge is 2.05. The first-order chi connectivity index (χ1) is 8.60. The molecule has 0 amide bonds. The predicted octanol–water partition coefficient (Wildman–Crippen LogP) is 4.50. The maximum Gasteiger partial charge on any atom is 0.150 e. The summed E-state index contributed by atoms with van der Waals surface area (Å²) in [6.07, 6.45) is 0.757. The van der Waals surface area contributed by atoms with Crippen LogP contribution in [0.15, 0.2) is 40.9 Å². The van der Waals surface area contributed by atoms with Crippen molar-refractivity contribution in [1.82, 2.24) is 0 Å². The maximum atomic E-state index is 13.1. The lowest BCUT2D eigenvalue weighted by Gasteiger charge is -2.09. The van der Waals surface area contributed by atoms with Crippen molar-refractivity contribution in [1.29, 1.82) is 0 Å². The molecule has 0 saturated heterocycles. The van der Waals surface area contributed by atoms with Crippen LogP contribution in [-0.4, -0.2) is 6.29 Å². The highest BCUT2D eigenvalue weighted by Crippen LogP contribution is 2.28. The van der Waals surface area contributed by atoms with Crippen LogP contribution in [0.1, 0.15) is 15.9 Å². The molecule has 0 saturated carbocycles. The van der Waals surface area contributed by atoms with Crippen molar-refractivity contribution in [2.24, 2.45) is 0 Å². The summed E-state index contributed by atoms with van der Waals surface area (Å²) in [6, 6.07) is 9.57. The molecule has 2 rings (SSSR count). The number of ether oxygens (including phenoxy) is 1. The average Bonchev–Trinajstić information content (AvgIpc) is 2.36. The van der Waals surface area contributed by atoms with Gasteiger partial charge in [0.2, 0.25) is 0 Å². The zero-order chi connectivity index (χ0) is 13.1. The molecule has 0 unspecified atom stereocenters. The fourth-order valence-electron chi connectivity index (χ4n) is 1.47. The van der Waals surface area contributed by atoms with Crippen LogP contribution in [0, 0.1) is 12.7 Å². The van der Waals surface area contributed by atoms with Gasteiger partial charge in [-0.05, 0) is 52.7 Å². The first-order valence-corrected chi connectivity index (χ1v) is 6.08. The van der Waals surface area contributed by atoms with Crippen molar-refractivity contribution in [2.75, 3.05) is 0 Å². The minimum absolute atomic E-state index is 0.337. The van der Waals surface area contributed by atoms with E-state index in [0.29, 0.717) is 21.5 Å². The fourth-order valence-corrected chi connectivity index (χ4v) is 1.83. The van der Waals surface area contributed by atoms with Crippen molar-refractivity contribution in [2.45, 2.75) is 6.92 Å². The molecule has 0 fully saturated rings. The molecule has 0 aliphatic carbocycles. The van der Waals surface area contributed by atoms with Gasteiger partial charge in [-0.25, -0.2) is 4.39 Å². The van der Waals surface area contributed by atoms with Gasteiger partial charge in [-0.2, -0.15) is 0 Å². The molecular formula is C14H10BrFO2. The molecule has 2 nitrogen and oxygen atoms in total. The first kappa shape index (κ1) is 12.8. The molecule has 18 heavy (non-hydrogen) atoms. The number of aldehydes is 1. The van der Waals surface area contributed by atoms with E-state index in [1.54, 1.807) is 24.3 Å². The molecule has 0 N–H and O–H groups in total. The average molecular weight is 309 g/mol. The van der Waals surface area contributed by atoms with Crippen molar-refractivity contribution in [3.63, 3.8) is 0 Å². The quantitative estimate of drug-likeness (QED) is 0.780. The second-order valence-electron chi connectivity index (χ2n) is 3.82. The number of rotatable bonds is 3. The van der Waals surface area contributed by atoms with E-state index >= 15 is 0 Å². The second-order valence-corrected chi connectivity index (χ2v) is 4.68. The molecule has 0 aliphatic heterocycles. The summed E-state index contributed by atoms with van der Waals surface area (Å²) in [5.74, 6) is 0.744. The Labute approximate surface area is 113 Å². The SMILES string of the molecule is Cc1ccc(C=O)cc1Oc1ccc(F)c(Br)c1. The topological polar surface area (TPSA) is 26.3 Å². The first-order valence-electron chi connectivity index (χ1n) is 5.29. The predicted molar refractivity (Wildman–Crippen MR) is 70.7 cm³/mol. The fraction of sp³-hybridized carbons (Fsp3) is 0.0714. The number of carbonyl (C=O) groups excluding carboxylic acids is 1. The highest BCUT2D eigenvalue weighted by atomic mass is 79.9. The lowest BCUT2D eigenvalue weighted by atomic mass is 10.1. The summed E-state index contributed by atoms with van der Waals surface area (Å²) in [7, 11) is 0. The van der Waals surface area contributed by atoms with E-state index in [0.717, 1.165) is 11.8 Å². The van der Waals surface area contributed by atoms with Crippen molar-refractivity contribution in [3.05, 3.63) is 57.8 Å². The molecule has 4 heteroatoms. The van der Waals surface area contributed by atoms with Gasteiger partial charge in [0.05, 0.1) is 4.47 Å². The van der Waals surface area contributed by atoms with Crippen LogP contribution in [0.5, 0.6) is 11.5 Å². The minimum atomic E-state index is -0.347. The van der Waals surface area contributed by atoms with Crippen LogP contribution < -0.4 is 4.74 Å². The van der Waals surface area contributed by atoms with Crippen LogP contribution >= 0.6 is 15.9 Å². The van der Waals surface area contributed by atoms with Gasteiger partial charge in [-0.1, -0.05) is 12.1 Å². The van der Waals surface area contributed by atoms with Gasteiger partial charge in [0, 0.05) is 5.56 Å². The van der Waals surface area contributed by atoms with Crippen LogP contribution in [0.4, 0.5) is 4.39 Å². The maximum absolute atomic E-state index is 13.1. The van der Waals surface area contributed by atoms with Gasteiger partial charge in [0.15, 0.2) is 0 Å². The lowest BCUT2D eigenvalue weighted by molar-refractivity contribution is 0.112. The highest BCUT2D eigenvalue weighted by molar-refractivity contribution is 9.10. The second kappa shape index (κ2) is 5.31. The van der Waals surface area contributed by atoms with Gasteiger partial charge in [0.25, 0.3) is 0 Å². The number of aryl methyl sites for hydroxylation is 1. The minimum Gasteiger partial charge on any atom is -0.457 e. The summed E-state index contributed by atoms with van der Waals surface area (Å²) >= 11 is 3.09. The van der Waals surface area contributed by atoms with E-state index in [-0.39, 0.29) is 5.82 Å². The Morgan fingerprint density at radius 1 is 1.22 bits per heavy atom. The van der Waals surface area contributed by atoms with E-state index in [9.17, 15) is 9.18 Å². The van der Waals surface area contributed by atoms with Gasteiger partial charge in [0.1, 0.15) is 23.6 Å². The van der Waals surface area contributed by atoms with Crippen LogP contribution in [0.3, 0.4) is 0 Å². The van der Waals surface area contributed by atoms with Crippen molar-refractivity contribution >= 4 is 22.2 Å². The molecule has 2 aromatic rings. The Hall–Kier alpha value is -1.68. The molecular weight excluding hydrogens is 299 g/mol. The third-order valence-corrected chi connectivity index (χ3v) is 3.07. The molecule has 0 atom stereocenters. The van der Waals surface area contributed by atoms with E-state index in [1.165, 1.54) is 12.1 Å². The molecule has 2 aromatic carbocycles. The summed E-state index contributed by atoms with van der Waals surface area (Å²) in [5, 5.41) is 0. The molecule has 0 spiro atoms. The van der Waals surface area contributed by atoms with Gasteiger partial charge < -0.3 is 4.74 Å². The summed E-state index contributed by atoms with van der Waals surface area (Å²) in [6.45, 7) is 1.88. The Bertz CT molecular complexity index is 596. The van der Waals surface area contributed by atoms with E-state index in [2.05, 4.69) is 15.9 Å². The number of hydrogen-bond acceptors (Lipinski definition) is 2. The molecule has 0 aliphatic rings. The smallest absolute Gasteiger partial charge is 0.150 e. The van der Waals surface area contributed by atoms with E-state index < -0.39 is 0 Å². The third kappa shape index (κ3) is 2.76. The van der Waals surface area contributed by atoms with Crippen LogP contribution in [0.25, 0.3) is 0 Å². The Kier molecular flexibility index (Phi) is 3.77. The molecule has 92 valence electrons. The summed E-state index contributed by atoms with van der Waals surface area (Å²) in [5.41, 5.74) is 1.44. The van der Waals surface area contributed by atoms with E-state index in [4.69, 9.17) is 4.74 Å². The number of benzene rings is 2. The molecule has 0 radical (unpaired) electrons.